The van der Waals surface area contributed by atoms with Crippen molar-refractivity contribution in [1.82, 2.24) is 0 Å². The molecule has 0 amide bonds. The van der Waals surface area contributed by atoms with Crippen LogP contribution in [0.1, 0.15) is 31.7 Å². The van der Waals surface area contributed by atoms with Crippen LogP contribution >= 0.6 is 11.6 Å². The molecule has 0 spiro atoms. The number of carboxylic acid groups (broad SMARTS) is 1. The zero-order chi connectivity index (χ0) is 13.0. The number of rotatable bonds is 5. The van der Waals surface area contributed by atoms with Gasteiger partial charge in [-0.15, -0.1) is 0 Å². The molecular weight excluding hydrogens is 240 g/mol. The molecule has 0 saturated heterocycles. The maximum atomic E-state index is 10.9. The molecule has 3 nitrogen and oxygen atoms in total. The van der Waals surface area contributed by atoms with Crippen molar-refractivity contribution >= 4 is 17.6 Å². The fraction of sp³-hybridized carbons (Fsp3) is 0.462. The van der Waals surface area contributed by atoms with E-state index in [4.69, 9.17) is 21.4 Å². The van der Waals surface area contributed by atoms with Gasteiger partial charge in [-0.1, -0.05) is 25.4 Å². The van der Waals surface area contributed by atoms with E-state index in [1.165, 1.54) is 0 Å². The first-order valence-electron chi connectivity index (χ1n) is 5.51. The molecule has 1 atom stereocenters. The maximum absolute atomic E-state index is 10.9. The van der Waals surface area contributed by atoms with Crippen molar-refractivity contribution in [2.75, 3.05) is 7.11 Å². The van der Waals surface area contributed by atoms with Gasteiger partial charge in [-0.2, -0.15) is 0 Å². The summed E-state index contributed by atoms with van der Waals surface area (Å²) >= 11 is 5.96. The van der Waals surface area contributed by atoms with Crippen molar-refractivity contribution in [2.45, 2.75) is 26.2 Å². The Bertz CT molecular complexity index is 402. The van der Waals surface area contributed by atoms with E-state index >= 15 is 0 Å². The van der Waals surface area contributed by atoms with Crippen LogP contribution in [0.25, 0.3) is 0 Å². The van der Waals surface area contributed by atoms with E-state index < -0.39 is 5.97 Å². The zero-order valence-electron chi connectivity index (χ0n) is 10.2. The number of hydrogen-bond acceptors (Lipinski definition) is 2. The third kappa shape index (κ3) is 3.63. The molecule has 0 bridgehead atoms. The lowest BCUT2D eigenvalue weighted by atomic mass is 9.85. The normalized spacial score (nSPS) is 12.5. The highest BCUT2D eigenvalue weighted by Gasteiger charge is 2.22. The maximum Gasteiger partial charge on any atom is 0.303 e. The Balaban J connectivity index is 3.16. The van der Waals surface area contributed by atoms with Crippen molar-refractivity contribution < 1.29 is 14.6 Å². The van der Waals surface area contributed by atoms with Gasteiger partial charge in [0.15, 0.2) is 0 Å². The van der Waals surface area contributed by atoms with Gasteiger partial charge in [0.05, 0.1) is 13.5 Å². The molecule has 0 aliphatic heterocycles. The third-order valence-corrected chi connectivity index (χ3v) is 3.03. The number of carboxylic acids is 1. The Hall–Kier alpha value is -1.22. The van der Waals surface area contributed by atoms with Crippen LogP contribution < -0.4 is 4.74 Å². The van der Waals surface area contributed by atoms with Crippen LogP contribution in [-0.4, -0.2) is 18.2 Å². The highest BCUT2D eigenvalue weighted by molar-refractivity contribution is 6.30. The molecule has 0 saturated carbocycles. The largest absolute Gasteiger partial charge is 0.496 e. The lowest BCUT2D eigenvalue weighted by Gasteiger charge is -2.22. The summed E-state index contributed by atoms with van der Waals surface area (Å²) in [7, 11) is 1.57. The van der Waals surface area contributed by atoms with Crippen LogP contribution in [-0.2, 0) is 4.79 Å². The summed E-state index contributed by atoms with van der Waals surface area (Å²) in [6.07, 6.45) is 0.0777. The first-order valence-corrected chi connectivity index (χ1v) is 5.88. The summed E-state index contributed by atoms with van der Waals surface area (Å²) in [6, 6.07) is 5.30. The van der Waals surface area contributed by atoms with Gasteiger partial charge in [0, 0.05) is 10.9 Å². The molecule has 17 heavy (non-hydrogen) atoms. The lowest BCUT2D eigenvalue weighted by molar-refractivity contribution is -0.137. The predicted octanol–water partition coefficient (Wildman–Crippen LogP) is 3.56. The van der Waals surface area contributed by atoms with E-state index in [0.717, 1.165) is 5.56 Å². The van der Waals surface area contributed by atoms with E-state index in [0.29, 0.717) is 10.8 Å². The molecular formula is C13H17ClO3. The van der Waals surface area contributed by atoms with E-state index in [-0.39, 0.29) is 18.3 Å². The minimum Gasteiger partial charge on any atom is -0.496 e. The van der Waals surface area contributed by atoms with Gasteiger partial charge < -0.3 is 9.84 Å². The Labute approximate surface area is 106 Å². The van der Waals surface area contributed by atoms with Gasteiger partial charge in [-0.3, -0.25) is 4.79 Å². The molecule has 0 aliphatic rings. The molecule has 1 aromatic carbocycles. The highest BCUT2D eigenvalue weighted by Crippen LogP contribution is 2.36. The van der Waals surface area contributed by atoms with Gasteiger partial charge in [-0.25, -0.2) is 0 Å². The number of halogens is 1. The Morgan fingerprint density at radius 3 is 2.59 bits per heavy atom. The van der Waals surface area contributed by atoms with Crippen LogP contribution in [0.2, 0.25) is 5.02 Å². The fourth-order valence-corrected chi connectivity index (χ4v) is 2.07. The summed E-state index contributed by atoms with van der Waals surface area (Å²) in [5.41, 5.74) is 0.859. The second kappa shape index (κ2) is 5.92. The number of aliphatic carboxylic acids is 1. The molecule has 1 aromatic rings. The van der Waals surface area contributed by atoms with E-state index in [1.54, 1.807) is 25.3 Å². The third-order valence-electron chi connectivity index (χ3n) is 2.79. The summed E-state index contributed by atoms with van der Waals surface area (Å²) < 4.78 is 5.26. The summed E-state index contributed by atoms with van der Waals surface area (Å²) in [5.74, 6) is -0.0142. The second-order valence-electron chi connectivity index (χ2n) is 4.33. The van der Waals surface area contributed by atoms with Crippen molar-refractivity contribution in [1.29, 1.82) is 0 Å². The molecule has 1 N–H and O–H groups in total. The summed E-state index contributed by atoms with van der Waals surface area (Å²) in [6.45, 7) is 3.99. The number of benzene rings is 1. The zero-order valence-corrected chi connectivity index (χ0v) is 11.0. The lowest BCUT2D eigenvalue weighted by Crippen LogP contribution is -2.13. The minimum absolute atomic E-state index is 0.0777. The van der Waals surface area contributed by atoms with Crippen LogP contribution in [0.4, 0.5) is 0 Å². The molecule has 0 aromatic heterocycles. The van der Waals surface area contributed by atoms with E-state index in [9.17, 15) is 4.79 Å². The van der Waals surface area contributed by atoms with E-state index in [2.05, 4.69) is 0 Å². The van der Waals surface area contributed by atoms with Crippen LogP contribution in [0.5, 0.6) is 5.75 Å². The average Bonchev–Trinajstić information content (AvgIpc) is 2.25. The number of ether oxygens (including phenoxy) is 1. The molecule has 1 unspecified atom stereocenters. The molecule has 4 heteroatoms. The first kappa shape index (κ1) is 13.8. The predicted molar refractivity (Wildman–Crippen MR) is 67.8 cm³/mol. The smallest absolute Gasteiger partial charge is 0.303 e. The van der Waals surface area contributed by atoms with Gasteiger partial charge in [0.2, 0.25) is 0 Å². The first-order chi connectivity index (χ1) is 7.95. The Morgan fingerprint density at radius 2 is 2.12 bits per heavy atom. The minimum atomic E-state index is -0.814. The van der Waals surface area contributed by atoms with Gasteiger partial charge in [0.25, 0.3) is 0 Å². The molecule has 0 radical (unpaired) electrons. The van der Waals surface area contributed by atoms with Crippen molar-refractivity contribution in [3.05, 3.63) is 28.8 Å². The SMILES string of the molecule is COc1ccc(Cl)cc1C(CC(=O)O)C(C)C. The summed E-state index contributed by atoms with van der Waals surface area (Å²) in [4.78, 5) is 10.9. The molecule has 94 valence electrons. The quantitative estimate of drug-likeness (QED) is 0.876. The highest BCUT2D eigenvalue weighted by atomic mass is 35.5. The van der Waals surface area contributed by atoms with Gasteiger partial charge in [-0.05, 0) is 29.7 Å². The van der Waals surface area contributed by atoms with Crippen molar-refractivity contribution in [3.8, 4) is 5.75 Å². The number of hydrogen-bond donors (Lipinski definition) is 1. The molecule has 1 rings (SSSR count). The average molecular weight is 257 g/mol. The fourth-order valence-electron chi connectivity index (χ4n) is 1.89. The van der Waals surface area contributed by atoms with E-state index in [1.807, 2.05) is 13.8 Å². The van der Waals surface area contributed by atoms with Crippen molar-refractivity contribution in [3.63, 3.8) is 0 Å². The second-order valence-corrected chi connectivity index (χ2v) is 4.77. The van der Waals surface area contributed by atoms with Crippen LogP contribution in [0.15, 0.2) is 18.2 Å². The summed E-state index contributed by atoms with van der Waals surface area (Å²) in [5, 5.41) is 9.55. The molecule has 0 fully saturated rings. The monoisotopic (exact) mass is 256 g/mol. The van der Waals surface area contributed by atoms with Crippen LogP contribution in [0.3, 0.4) is 0 Å². The molecule has 0 aliphatic carbocycles. The van der Waals surface area contributed by atoms with Gasteiger partial charge in [0.1, 0.15) is 5.75 Å². The van der Waals surface area contributed by atoms with Crippen LogP contribution in [0, 0.1) is 5.92 Å². The number of carbonyl (C=O) groups is 1. The Morgan fingerprint density at radius 1 is 1.47 bits per heavy atom. The standard InChI is InChI=1S/C13H17ClO3/c1-8(2)10(7-13(15)16)11-6-9(14)4-5-12(11)17-3/h4-6,8,10H,7H2,1-3H3,(H,15,16). The molecule has 0 heterocycles. The van der Waals surface area contributed by atoms with Crippen molar-refractivity contribution in [2.24, 2.45) is 5.92 Å². The topological polar surface area (TPSA) is 46.5 Å². The van der Waals surface area contributed by atoms with Gasteiger partial charge >= 0.3 is 5.97 Å². The Kier molecular flexibility index (Phi) is 4.82. The number of methoxy groups -OCH3 is 1.